The summed E-state index contributed by atoms with van der Waals surface area (Å²) in [6, 6.07) is 7.14. The molecule has 114 valence electrons. The molecule has 3 rings (SSSR count). The van der Waals surface area contributed by atoms with Crippen LogP contribution in [0.2, 0.25) is 0 Å². The molecule has 7 heteroatoms. The summed E-state index contributed by atoms with van der Waals surface area (Å²) >= 11 is 0. The Morgan fingerprint density at radius 1 is 1.09 bits per heavy atom. The van der Waals surface area contributed by atoms with E-state index >= 15 is 0 Å². The normalized spacial score (nSPS) is 20.7. The van der Waals surface area contributed by atoms with Crippen molar-refractivity contribution in [2.75, 3.05) is 5.73 Å². The van der Waals surface area contributed by atoms with Crippen molar-refractivity contribution in [1.82, 2.24) is 9.97 Å². The number of nitrogens with zero attached hydrogens (tertiary/aromatic N) is 2. The van der Waals surface area contributed by atoms with E-state index in [-0.39, 0.29) is 5.69 Å². The molecule has 0 aromatic carbocycles. The smallest absolute Gasteiger partial charge is 0.384 e. The number of hydrogen-bond donors (Lipinski definition) is 2. The van der Waals surface area contributed by atoms with Gasteiger partial charge in [-0.05, 0) is 29.8 Å². The van der Waals surface area contributed by atoms with Crippen molar-refractivity contribution >= 4 is 11.9 Å². The minimum absolute atomic E-state index is 0.168. The molecule has 4 nitrogen and oxygen atoms in total. The van der Waals surface area contributed by atoms with Crippen LogP contribution in [-0.4, -0.2) is 9.97 Å². The first-order chi connectivity index (χ1) is 10.3. The average molecular weight is 306 g/mol. The fraction of sp³-hybridized carbons (Fsp3) is 0.200. The maximum absolute atomic E-state index is 12.8. The summed E-state index contributed by atoms with van der Waals surface area (Å²) in [6.07, 6.45) is -0.916. The van der Waals surface area contributed by atoms with Crippen molar-refractivity contribution in [3.63, 3.8) is 0 Å². The Hall–Kier alpha value is -2.41. The number of hydrogen-bond acceptors (Lipinski definition) is 4. The topological polar surface area (TPSA) is 77.8 Å². The minimum Gasteiger partial charge on any atom is -0.384 e. The van der Waals surface area contributed by atoms with Crippen molar-refractivity contribution in [1.29, 1.82) is 0 Å². The zero-order valence-corrected chi connectivity index (χ0v) is 11.4. The van der Waals surface area contributed by atoms with E-state index in [4.69, 9.17) is 11.5 Å². The number of fused-ring (bicyclic) bond motifs is 1. The van der Waals surface area contributed by atoms with E-state index in [0.29, 0.717) is 17.9 Å². The maximum atomic E-state index is 12.8. The van der Waals surface area contributed by atoms with Crippen LogP contribution in [0.15, 0.2) is 36.4 Å². The summed E-state index contributed by atoms with van der Waals surface area (Å²) in [6.45, 7) is 0. The van der Waals surface area contributed by atoms with Crippen LogP contribution in [0.5, 0.6) is 0 Å². The summed E-state index contributed by atoms with van der Waals surface area (Å²) in [7, 11) is 0. The van der Waals surface area contributed by atoms with Crippen LogP contribution in [0.4, 0.5) is 19.0 Å². The fourth-order valence-corrected chi connectivity index (χ4v) is 2.44. The van der Waals surface area contributed by atoms with Crippen molar-refractivity contribution in [2.24, 2.45) is 5.73 Å². The van der Waals surface area contributed by atoms with Crippen LogP contribution in [0.1, 0.15) is 22.6 Å². The maximum Gasteiger partial charge on any atom is 0.433 e. The van der Waals surface area contributed by atoms with Crippen molar-refractivity contribution in [3.05, 3.63) is 59.1 Å². The summed E-state index contributed by atoms with van der Waals surface area (Å²) in [5, 5.41) is 0. The first-order valence-electron chi connectivity index (χ1n) is 6.56. The number of nitrogen functional groups attached to an aromatic ring is 1. The molecule has 0 bridgehead atoms. The van der Waals surface area contributed by atoms with Gasteiger partial charge in [-0.3, -0.25) is 0 Å². The van der Waals surface area contributed by atoms with Gasteiger partial charge < -0.3 is 11.5 Å². The van der Waals surface area contributed by atoms with Gasteiger partial charge in [0.2, 0.25) is 0 Å². The van der Waals surface area contributed by atoms with E-state index in [2.05, 4.69) is 9.97 Å². The standard InChI is InChI=1S/C15H13F3N4/c16-15(17,18)12-3-1-2-11(22-12)14(20)7-6-10-9(8-14)4-5-13(19)21-10/h1-7H,8,20H2,(H2,19,21). The van der Waals surface area contributed by atoms with Gasteiger partial charge >= 0.3 is 6.18 Å². The van der Waals surface area contributed by atoms with Crippen LogP contribution in [0.3, 0.4) is 0 Å². The van der Waals surface area contributed by atoms with Crippen LogP contribution < -0.4 is 11.5 Å². The van der Waals surface area contributed by atoms with Gasteiger partial charge in [-0.25, -0.2) is 9.97 Å². The van der Waals surface area contributed by atoms with Gasteiger partial charge in [0.1, 0.15) is 11.5 Å². The lowest BCUT2D eigenvalue weighted by molar-refractivity contribution is -0.141. The summed E-state index contributed by atoms with van der Waals surface area (Å²) in [4.78, 5) is 7.85. The molecular weight excluding hydrogens is 293 g/mol. The van der Waals surface area contributed by atoms with E-state index in [1.165, 1.54) is 12.1 Å². The molecule has 1 aliphatic carbocycles. The predicted octanol–water partition coefficient (Wildman–Crippen LogP) is 2.50. The van der Waals surface area contributed by atoms with Gasteiger partial charge in [-0.2, -0.15) is 13.2 Å². The van der Waals surface area contributed by atoms with Crippen LogP contribution in [0.25, 0.3) is 6.08 Å². The van der Waals surface area contributed by atoms with Gasteiger partial charge in [0, 0.05) is 6.42 Å². The third kappa shape index (κ3) is 2.55. The second-order valence-electron chi connectivity index (χ2n) is 5.24. The molecule has 0 radical (unpaired) electrons. The average Bonchev–Trinajstić information content (AvgIpc) is 2.47. The van der Waals surface area contributed by atoms with Crippen molar-refractivity contribution < 1.29 is 13.2 Å². The molecular formula is C15H13F3N4. The Morgan fingerprint density at radius 2 is 1.86 bits per heavy atom. The summed E-state index contributed by atoms with van der Waals surface area (Å²) in [5.74, 6) is 0.380. The van der Waals surface area contributed by atoms with E-state index in [9.17, 15) is 13.2 Å². The molecule has 1 aliphatic rings. The lowest BCUT2D eigenvalue weighted by atomic mass is 9.83. The van der Waals surface area contributed by atoms with E-state index in [0.717, 1.165) is 11.6 Å². The first kappa shape index (κ1) is 14.5. The highest BCUT2D eigenvalue weighted by molar-refractivity contribution is 5.58. The number of rotatable bonds is 1. The number of pyridine rings is 2. The third-order valence-corrected chi connectivity index (χ3v) is 3.57. The molecule has 0 amide bonds. The SMILES string of the molecule is Nc1ccc2c(n1)C=CC(N)(c1cccc(C(F)(F)F)n1)C2. The van der Waals surface area contributed by atoms with E-state index in [1.807, 2.05) is 0 Å². The molecule has 0 aliphatic heterocycles. The summed E-state index contributed by atoms with van der Waals surface area (Å²) < 4.78 is 38.4. The summed E-state index contributed by atoms with van der Waals surface area (Å²) in [5.41, 5.74) is 11.5. The molecule has 1 atom stereocenters. The molecule has 0 fully saturated rings. The molecule has 1 unspecified atom stereocenters. The van der Waals surface area contributed by atoms with Crippen molar-refractivity contribution in [2.45, 2.75) is 18.1 Å². The first-order valence-corrected chi connectivity index (χ1v) is 6.56. The molecule has 0 spiro atoms. The lowest BCUT2D eigenvalue weighted by Gasteiger charge is -2.29. The highest BCUT2D eigenvalue weighted by Gasteiger charge is 2.36. The number of alkyl halides is 3. The van der Waals surface area contributed by atoms with Gasteiger partial charge in [0.25, 0.3) is 0 Å². The Kier molecular flexibility index (Phi) is 3.17. The molecule has 2 aromatic heterocycles. The molecule has 0 saturated heterocycles. The van der Waals surface area contributed by atoms with Gasteiger partial charge in [0.15, 0.2) is 0 Å². The highest BCUT2D eigenvalue weighted by Crippen LogP contribution is 2.33. The molecule has 4 N–H and O–H groups in total. The predicted molar refractivity (Wildman–Crippen MR) is 76.5 cm³/mol. The quantitative estimate of drug-likeness (QED) is 0.848. The van der Waals surface area contributed by atoms with E-state index in [1.54, 1.807) is 24.3 Å². The van der Waals surface area contributed by atoms with Gasteiger partial charge in [-0.1, -0.05) is 18.2 Å². The highest BCUT2D eigenvalue weighted by atomic mass is 19.4. The largest absolute Gasteiger partial charge is 0.433 e. The third-order valence-electron chi connectivity index (χ3n) is 3.57. The minimum atomic E-state index is -4.50. The zero-order valence-electron chi connectivity index (χ0n) is 11.4. The Bertz CT molecular complexity index is 755. The number of halogens is 3. The monoisotopic (exact) mass is 306 g/mol. The second kappa shape index (κ2) is 4.81. The molecule has 22 heavy (non-hydrogen) atoms. The molecule has 2 aromatic rings. The number of anilines is 1. The van der Waals surface area contributed by atoms with Gasteiger partial charge in [0.05, 0.1) is 16.9 Å². The van der Waals surface area contributed by atoms with Crippen molar-refractivity contribution in [3.8, 4) is 0 Å². The van der Waals surface area contributed by atoms with Crippen LogP contribution in [-0.2, 0) is 18.1 Å². The lowest BCUT2D eigenvalue weighted by Crippen LogP contribution is -2.40. The zero-order chi connectivity index (χ0) is 16.0. The fourth-order valence-electron chi connectivity index (χ4n) is 2.44. The Morgan fingerprint density at radius 3 is 2.59 bits per heavy atom. The Balaban J connectivity index is 2.01. The number of aromatic nitrogens is 2. The van der Waals surface area contributed by atoms with E-state index < -0.39 is 17.4 Å². The van der Waals surface area contributed by atoms with Crippen LogP contribution in [0, 0.1) is 0 Å². The Labute approximate surface area is 124 Å². The van der Waals surface area contributed by atoms with Gasteiger partial charge in [-0.15, -0.1) is 0 Å². The van der Waals surface area contributed by atoms with Crippen LogP contribution >= 0.6 is 0 Å². The second-order valence-corrected chi connectivity index (χ2v) is 5.24. The molecule has 0 saturated carbocycles. The molecule has 2 heterocycles. The number of nitrogens with two attached hydrogens (primary N) is 2.